The quantitative estimate of drug-likeness (QED) is 0.850. The minimum atomic E-state index is -0.888. The summed E-state index contributed by atoms with van der Waals surface area (Å²) in [6.07, 6.45) is -0.0193. The Kier molecular flexibility index (Phi) is 4.65. The van der Waals surface area contributed by atoms with Gasteiger partial charge in [-0.05, 0) is 19.1 Å². The summed E-state index contributed by atoms with van der Waals surface area (Å²) in [7, 11) is 0. The van der Waals surface area contributed by atoms with Gasteiger partial charge in [0.25, 0.3) is 0 Å². The molecule has 0 N–H and O–H groups in total. The van der Waals surface area contributed by atoms with Crippen molar-refractivity contribution >= 4 is 11.6 Å². The number of piperazine rings is 1. The molecule has 2 aromatic rings. The predicted molar refractivity (Wildman–Crippen MR) is 84.8 cm³/mol. The molecular weight excluding hydrogens is 330 g/mol. The van der Waals surface area contributed by atoms with Crippen molar-refractivity contribution in [3.8, 4) is 6.07 Å². The summed E-state index contributed by atoms with van der Waals surface area (Å²) in [6.45, 7) is 3.18. The molecule has 1 aliphatic rings. The molecule has 1 aromatic heterocycles. The molecule has 1 aliphatic heterocycles. The van der Waals surface area contributed by atoms with Crippen LogP contribution in [0.4, 0.5) is 14.5 Å². The SMILES string of the molecule is Cc1onc(CC(=O)N2CCN(c3cccc(F)c3F)CC2)c1C#N. The van der Waals surface area contributed by atoms with Crippen molar-refractivity contribution in [3.63, 3.8) is 0 Å². The Balaban J connectivity index is 1.63. The summed E-state index contributed by atoms with van der Waals surface area (Å²) in [6, 6.07) is 6.04. The molecule has 0 radical (unpaired) electrons. The number of carbonyl (C=O) groups is 1. The summed E-state index contributed by atoms with van der Waals surface area (Å²) in [5.41, 5.74) is 0.809. The maximum absolute atomic E-state index is 13.9. The van der Waals surface area contributed by atoms with Gasteiger partial charge < -0.3 is 14.3 Å². The van der Waals surface area contributed by atoms with Crippen LogP contribution >= 0.6 is 0 Å². The fourth-order valence-electron chi connectivity index (χ4n) is 2.87. The average Bonchev–Trinajstić information content (AvgIpc) is 2.97. The van der Waals surface area contributed by atoms with Gasteiger partial charge in [0.2, 0.25) is 5.91 Å². The second kappa shape index (κ2) is 6.89. The first-order chi connectivity index (χ1) is 12.0. The molecule has 6 nitrogen and oxygen atoms in total. The first-order valence-corrected chi connectivity index (χ1v) is 7.83. The fraction of sp³-hybridized carbons (Fsp3) is 0.353. The van der Waals surface area contributed by atoms with Gasteiger partial charge in [-0.25, -0.2) is 8.78 Å². The lowest BCUT2D eigenvalue weighted by atomic mass is 10.1. The molecular formula is C17H16F2N4O2. The molecule has 0 unspecified atom stereocenters. The van der Waals surface area contributed by atoms with Crippen molar-refractivity contribution in [2.75, 3.05) is 31.1 Å². The van der Waals surface area contributed by atoms with E-state index in [0.29, 0.717) is 37.6 Å². The highest BCUT2D eigenvalue weighted by molar-refractivity contribution is 5.79. The maximum atomic E-state index is 13.9. The predicted octanol–water partition coefficient (Wildman–Crippen LogP) is 2.02. The second-order valence-electron chi connectivity index (χ2n) is 5.79. The number of amides is 1. The molecule has 1 aromatic carbocycles. The number of anilines is 1. The molecule has 3 rings (SSSR count). The average molecular weight is 346 g/mol. The van der Waals surface area contributed by atoms with Crippen molar-refractivity contribution in [2.45, 2.75) is 13.3 Å². The van der Waals surface area contributed by atoms with Gasteiger partial charge in [0.05, 0.1) is 12.1 Å². The summed E-state index contributed by atoms with van der Waals surface area (Å²) in [5.74, 6) is -1.55. The van der Waals surface area contributed by atoms with Crippen LogP contribution in [0.25, 0.3) is 0 Å². The van der Waals surface area contributed by atoms with E-state index >= 15 is 0 Å². The van der Waals surface area contributed by atoms with Crippen LogP contribution in [0.15, 0.2) is 22.7 Å². The first kappa shape index (κ1) is 16.9. The molecule has 2 heterocycles. The third kappa shape index (κ3) is 3.31. The van der Waals surface area contributed by atoms with E-state index in [1.165, 1.54) is 12.1 Å². The molecule has 0 saturated carbocycles. The van der Waals surface area contributed by atoms with E-state index in [-0.39, 0.29) is 23.6 Å². The lowest BCUT2D eigenvalue weighted by Crippen LogP contribution is -2.49. The van der Waals surface area contributed by atoms with Gasteiger partial charge in [0, 0.05) is 26.2 Å². The Labute approximate surface area is 143 Å². The normalized spacial score (nSPS) is 14.5. The lowest BCUT2D eigenvalue weighted by Gasteiger charge is -2.36. The second-order valence-corrected chi connectivity index (χ2v) is 5.79. The number of hydrogen-bond donors (Lipinski definition) is 0. The van der Waals surface area contributed by atoms with Gasteiger partial charge in [0.1, 0.15) is 17.3 Å². The molecule has 0 atom stereocenters. The summed E-state index contributed by atoms with van der Waals surface area (Å²) < 4.78 is 32.2. The van der Waals surface area contributed by atoms with Crippen LogP contribution in [0.1, 0.15) is 17.0 Å². The van der Waals surface area contributed by atoms with Crippen LogP contribution in [0, 0.1) is 29.9 Å². The molecule has 0 aliphatic carbocycles. The Morgan fingerprint density at radius 2 is 2.04 bits per heavy atom. The number of halogens is 2. The van der Waals surface area contributed by atoms with E-state index < -0.39 is 11.6 Å². The Morgan fingerprint density at radius 1 is 1.32 bits per heavy atom. The van der Waals surface area contributed by atoms with Crippen LogP contribution in [0.3, 0.4) is 0 Å². The standard InChI is InChI=1S/C17H16F2N4O2/c1-11-12(10-20)14(21-25-11)9-16(24)23-7-5-22(6-8-23)15-4-2-3-13(18)17(15)19/h2-4H,5-9H2,1H3. The third-order valence-electron chi connectivity index (χ3n) is 4.27. The lowest BCUT2D eigenvalue weighted by molar-refractivity contribution is -0.130. The first-order valence-electron chi connectivity index (χ1n) is 7.83. The summed E-state index contributed by atoms with van der Waals surface area (Å²) in [5, 5.41) is 12.8. The topological polar surface area (TPSA) is 73.4 Å². The summed E-state index contributed by atoms with van der Waals surface area (Å²) in [4.78, 5) is 15.7. The van der Waals surface area contributed by atoms with Crippen molar-refractivity contribution in [1.29, 1.82) is 5.26 Å². The number of nitrogens with zero attached hydrogens (tertiary/aromatic N) is 4. The van der Waals surface area contributed by atoms with E-state index in [2.05, 4.69) is 5.16 Å². The molecule has 8 heteroatoms. The van der Waals surface area contributed by atoms with Crippen molar-refractivity contribution < 1.29 is 18.1 Å². The largest absolute Gasteiger partial charge is 0.366 e. The highest BCUT2D eigenvalue weighted by Gasteiger charge is 2.25. The number of aromatic nitrogens is 1. The number of hydrogen-bond acceptors (Lipinski definition) is 5. The van der Waals surface area contributed by atoms with Crippen LogP contribution in [-0.4, -0.2) is 42.1 Å². The van der Waals surface area contributed by atoms with Crippen molar-refractivity contribution in [2.24, 2.45) is 0 Å². The van der Waals surface area contributed by atoms with Crippen LogP contribution < -0.4 is 4.90 Å². The van der Waals surface area contributed by atoms with Gasteiger partial charge in [-0.1, -0.05) is 11.2 Å². The maximum Gasteiger partial charge on any atom is 0.228 e. The van der Waals surface area contributed by atoms with Crippen LogP contribution in [0.2, 0.25) is 0 Å². The number of aryl methyl sites for hydroxylation is 1. The van der Waals surface area contributed by atoms with Crippen molar-refractivity contribution in [1.82, 2.24) is 10.1 Å². The van der Waals surface area contributed by atoms with Crippen LogP contribution in [0.5, 0.6) is 0 Å². The Hall–Kier alpha value is -2.95. The minimum Gasteiger partial charge on any atom is -0.366 e. The zero-order valence-corrected chi connectivity index (χ0v) is 13.6. The highest BCUT2D eigenvalue weighted by atomic mass is 19.2. The Bertz CT molecular complexity index is 836. The van der Waals surface area contributed by atoms with Gasteiger partial charge in [-0.15, -0.1) is 0 Å². The van der Waals surface area contributed by atoms with E-state index in [9.17, 15) is 13.6 Å². The van der Waals surface area contributed by atoms with E-state index in [1.807, 2.05) is 6.07 Å². The number of nitriles is 1. The third-order valence-corrected chi connectivity index (χ3v) is 4.27. The smallest absolute Gasteiger partial charge is 0.228 e. The number of rotatable bonds is 3. The van der Waals surface area contributed by atoms with Gasteiger partial charge in [-0.3, -0.25) is 4.79 Å². The van der Waals surface area contributed by atoms with Crippen molar-refractivity contribution in [3.05, 3.63) is 46.9 Å². The molecule has 25 heavy (non-hydrogen) atoms. The van der Waals surface area contributed by atoms with Gasteiger partial charge >= 0.3 is 0 Å². The molecule has 1 amide bonds. The number of carbonyl (C=O) groups excluding carboxylic acids is 1. The molecule has 0 spiro atoms. The highest BCUT2D eigenvalue weighted by Crippen LogP contribution is 2.23. The zero-order chi connectivity index (χ0) is 18.0. The molecule has 130 valence electrons. The van der Waals surface area contributed by atoms with E-state index in [4.69, 9.17) is 9.78 Å². The molecule has 0 bridgehead atoms. The van der Waals surface area contributed by atoms with Gasteiger partial charge in [0.15, 0.2) is 17.4 Å². The van der Waals surface area contributed by atoms with E-state index in [0.717, 1.165) is 6.07 Å². The van der Waals surface area contributed by atoms with E-state index in [1.54, 1.807) is 16.7 Å². The fourth-order valence-corrected chi connectivity index (χ4v) is 2.87. The monoisotopic (exact) mass is 346 g/mol. The van der Waals surface area contributed by atoms with Crippen LogP contribution in [-0.2, 0) is 11.2 Å². The molecule has 1 fully saturated rings. The number of benzene rings is 1. The zero-order valence-electron chi connectivity index (χ0n) is 13.6. The van der Waals surface area contributed by atoms with Gasteiger partial charge in [-0.2, -0.15) is 5.26 Å². The Morgan fingerprint density at radius 3 is 2.72 bits per heavy atom. The summed E-state index contributed by atoms with van der Waals surface area (Å²) >= 11 is 0. The minimum absolute atomic E-state index is 0.0193. The molecule has 1 saturated heterocycles.